The molecule has 0 aliphatic carbocycles. The van der Waals surface area contributed by atoms with E-state index < -0.39 is 5.76 Å². The molecule has 0 atom stereocenters. The van der Waals surface area contributed by atoms with Crippen LogP contribution in [-0.2, 0) is 13.2 Å². The van der Waals surface area contributed by atoms with Gasteiger partial charge in [-0.2, -0.15) is 8.78 Å². The highest BCUT2D eigenvalue weighted by molar-refractivity contribution is 7.99. The Hall–Kier alpha value is -1.66. The van der Waals surface area contributed by atoms with E-state index in [4.69, 9.17) is 0 Å². The average molecular weight is 296 g/mol. The van der Waals surface area contributed by atoms with Gasteiger partial charge in [-0.1, -0.05) is 23.9 Å². The first-order valence-corrected chi connectivity index (χ1v) is 6.88. The zero-order valence-electron chi connectivity index (χ0n) is 10.6. The molecule has 2 rings (SSSR count). The van der Waals surface area contributed by atoms with E-state index in [2.05, 4.69) is 10.3 Å². The maximum absolute atomic E-state index is 12.2. The van der Waals surface area contributed by atoms with Gasteiger partial charge in [-0.05, 0) is 23.8 Å². The maximum atomic E-state index is 12.2. The molecule has 20 heavy (non-hydrogen) atoms. The fourth-order valence-corrected chi connectivity index (χ4v) is 2.21. The number of hydrogen-bond acceptors (Lipinski definition) is 4. The highest BCUT2D eigenvalue weighted by atomic mass is 32.2. The van der Waals surface area contributed by atoms with Crippen LogP contribution in [0.1, 0.15) is 11.1 Å². The highest BCUT2D eigenvalue weighted by Gasteiger charge is 2.05. The van der Waals surface area contributed by atoms with E-state index in [1.807, 2.05) is 0 Å². The number of hydrogen-bond donors (Lipinski definition) is 2. The molecule has 2 aromatic rings. The summed E-state index contributed by atoms with van der Waals surface area (Å²) in [5.41, 5.74) is 2.50. The summed E-state index contributed by atoms with van der Waals surface area (Å²) in [5, 5.41) is 12.4. The molecule has 0 aliphatic rings. The molecule has 1 aromatic carbocycles. The number of pyridine rings is 1. The molecule has 0 saturated carbocycles. The Morgan fingerprint density at radius 3 is 2.60 bits per heavy atom. The van der Waals surface area contributed by atoms with Crippen LogP contribution in [0.15, 0.2) is 47.6 Å². The van der Waals surface area contributed by atoms with Gasteiger partial charge in [-0.15, -0.1) is 0 Å². The number of aliphatic hydroxyl groups is 1. The van der Waals surface area contributed by atoms with Gasteiger partial charge in [0.2, 0.25) is 0 Å². The number of benzene rings is 1. The van der Waals surface area contributed by atoms with Crippen LogP contribution >= 0.6 is 11.8 Å². The van der Waals surface area contributed by atoms with Crippen molar-refractivity contribution >= 4 is 17.4 Å². The minimum absolute atomic E-state index is 0.0607. The van der Waals surface area contributed by atoms with Crippen LogP contribution in [0.5, 0.6) is 0 Å². The third kappa shape index (κ3) is 4.18. The maximum Gasteiger partial charge on any atom is 0.288 e. The van der Waals surface area contributed by atoms with Gasteiger partial charge in [0.25, 0.3) is 5.76 Å². The van der Waals surface area contributed by atoms with Crippen LogP contribution in [-0.4, -0.2) is 15.8 Å². The molecular formula is C14H14F2N2OS. The van der Waals surface area contributed by atoms with Crippen molar-refractivity contribution in [3.63, 3.8) is 0 Å². The summed E-state index contributed by atoms with van der Waals surface area (Å²) in [6, 6.07) is 8.68. The van der Waals surface area contributed by atoms with Crippen molar-refractivity contribution in [1.29, 1.82) is 0 Å². The van der Waals surface area contributed by atoms with E-state index in [1.165, 1.54) is 0 Å². The molecule has 0 amide bonds. The summed E-state index contributed by atoms with van der Waals surface area (Å²) in [6.07, 6.45) is 3.26. The fourth-order valence-electron chi connectivity index (χ4n) is 1.71. The first-order chi connectivity index (χ1) is 9.69. The van der Waals surface area contributed by atoms with Gasteiger partial charge >= 0.3 is 0 Å². The Labute approximate surface area is 120 Å². The number of thioether (sulfide) groups is 1. The monoisotopic (exact) mass is 296 g/mol. The van der Waals surface area contributed by atoms with Crippen molar-refractivity contribution in [2.75, 3.05) is 5.32 Å². The second-order valence-electron chi connectivity index (χ2n) is 4.07. The lowest BCUT2D eigenvalue weighted by atomic mass is 10.2. The quantitative estimate of drug-likeness (QED) is 0.801. The summed E-state index contributed by atoms with van der Waals surface area (Å²) in [4.78, 5) is 4.53. The van der Waals surface area contributed by atoms with Gasteiger partial charge in [0, 0.05) is 23.2 Å². The molecule has 106 valence electrons. The zero-order chi connectivity index (χ0) is 14.4. The third-order valence-corrected chi connectivity index (χ3v) is 3.44. The van der Waals surface area contributed by atoms with Crippen LogP contribution in [0, 0.1) is 0 Å². The number of nitrogens with zero attached hydrogens (tertiary/aromatic N) is 1. The number of aliphatic hydroxyl groups excluding tert-OH is 1. The largest absolute Gasteiger partial charge is 0.392 e. The molecular weight excluding hydrogens is 282 g/mol. The predicted molar refractivity (Wildman–Crippen MR) is 75.8 cm³/mol. The van der Waals surface area contributed by atoms with Crippen molar-refractivity contribution < 1.29 is 13.9 Å². The summed E-state index contributed by atoms with van der Waals surface area (Å²) in [7, 11) is 0. The minimum atomic E-state index is -2.40. The average Bonchev–Trinajstić information content (AvgIpc) is 2.46. The minimum Gasteiger partial charge on any atom is -0.392 e. The fraction of sp³-hybridized carbons (Fsp3) is 0.214. The Kier molecular flexibility index (Phi) is 5.31. The molecule has 0 fully saturated rings. The van der Waals surface area contributed by atoms with Crippen LogP contribution in [0.3, 0.4) is 0 Å². The van der Waals surface area contributed by atoms with E-state index in [1.54, 1.807) is 42.7 Å². The first kappa shape index (κ1) is 14.7. The predicted octanol–water partition coefficient (Wildman–Crippen LogP) is 3.50. The third-order valence-electron chi connectivity index (χ3n) is 2.71. The van der Waals surface area contributed by atoms with Gasteiger partial charge in [-0.3, -0.25) is 4.98 Å². The normalized spacial score (nSPS) is 10.8. The van der Waals surface area contributed by atoms with E-state index in [0.29, 0.717) is 23.2 Å². The molecule has 1 heterocycles. The Bertz CT molecular complexity index is 549. The summed E-state index contributed by atoms with van der Waals surface area (Å²) in [5.74, 6) is -2.40. The second-order valence-corrected chi connectivity index (χ2v) is 5.13. The molecule has 0 aliphatic heterocycles. The number of nitrogens with one attached hydrogen (secondary N) is 1. The van der Waals surface area contributed by atoms with Crippen LogP contribution in [0.25, 0.3) is 0 Å². The topological polar surface area (TPSA) is 45.2 Å². The number of aromatic nitrogens is 1. The molecule has 0 radical (unpaired) electrons. The summed E-state index contributed by atoms with van der Waals surface area (Å²) < 4.78 is 24.4. The Morgan fingerprint density at radius 1 is 1.20 bits per heavy atom. The number of rotatable bonds is 6. The van der Waals surface area contributed by atoms with Gasteiger partial charge < -0.3 is 10.4 Å². The molecule has 2 N–H and O–H groups in total. The molecule has 0 spiro atoms. The summed E-state index contributed by atoms with van der Waals surface area (Å²) in [6.45, 7) is 0.479. The van der Waals surface area contributed by atoms with E-state index in [-0.39, 0.29) is 6.61 Å². The lowest BCUT2D eigenvalue weighted by Crippen LogP contribution is -2.03. The van der Waals surface area contributed by atoms with Crippen LogP contribution in [0.2, 0.25) is 0 Å². The second kappa shape index (κ2) is 7.21. The lowest BCUT2D eigenvalue weighted by molar-refractivity contribution is 0.252. The zero-order valence-corrected chi connectivity index (χ0v) is 11.4. The molecule has 0 saturated heterocycles. The van der Waals surface area contributed by atoms with Crippen molar-refractivity contribution in [2.45, 2.75) is 23.8 Å². The van der Waals surface area contributed by atoms with Gasteiger partial charge in [0.15, 0.2) is 0 Å². The van der Waals surface area contributed by atoms with Crippen molar-refractivity contribution in [2.24, 2.45) is 0 Å². The van der Waals surface area contributed by atoms with E-state index in [0.717, 1.165) is 16.8 Å². The van der Waals surface area contributed by atoms with Gasteiger partial charge in [0.05, 0.1) is 18.5 Å². The summed E-state index contributed by atoms with van der Waals surface area (Å²) >= 11 is 0.531. The van der Waals surface area contributed by atoms with Gasteiger partial charge in [-0.25, -0.2) is 0 Å². The van der Waals surface area contributed by atoms with Crippen LogP contribution in [0.4, 0.5) is 14.5 Å². The number of alkyl halides is 2. The molecule has 3 nitrogen and oxygen atoms in total. The molecule has 6 heteroatoms. The lowest BCUT2D eigenvalue weighted by Gasteiger charge is -2.10. The Balaban J connectivity index is 1.97. The van der Waals surface area contributed by atoms with Crippen molar-refractivity contribution in [3.8, 4) is 0 Å². The first-order valence-electron chi connectivity index (χ1n) is 6.00. The molecule has 1 aromatic heterocycles. The number of halogens is 2. The van der Waals surface area contributed by atoms with Crippen LogP contribution < -0.4 is 5.32 Å². The highest BCUT2D eigenvalue weighted by Crippen LogP contribution is 2.25. The standard InChI is InChI=1S/C14H14F2N2OS/c15-14(16)20-12-3-1-10(2-4-12)7-18-13-8-17-6-5-11(13)9-19/h1-6,8,14,18-19H,7,9H2. The number of anilines is 1. The SMILES string of the molecule is OCc1ccncc1NCc1ccc(SC(F)F)cc1. The molecule has 0 bridgehead atoms. The van der Waals surface area contributed by atoms with E-state index in [9.17, 15) is 13.9 Å². The van der Waals surface area contributed by atoms with Crippen molar-refractivity contribution in [3.05, 3.63) is 53.9 Å². The smallest absolute Gasteiger partial charge is 0.288 e. The van der Waals surface area contributed by atoms with Gasteiger partial charge in [0.1, 0.15) is 0 Å². The molecule has 0 unspecified atom stereocenters. The van der Waals surface area contributed by atoms with E-state index >= 15 is 0 Å². The Morgan fingerprint density at radius 2 is 1.95 bits per heavy atom. The van der Waals surface area contributed by atoms with Crippen molar-refractivity contribution in [1.82, 2.24) is 4.98 Å².